The fourth-order valence-corrected chi connectivity index (χ4v) is 4.22. The maximum atomic E-state index is 12.6. The largest absolute Gasteiger partial charge is 0.325 e. The van der Waals surface area contributed by atoms with Crippen LogP contribution in [-0.4, -0.2) is 39.4 Å². The van der Waals surface area contributed by atoms with Crippen LogP contribution in [0.25, 0.3) is 0 Å². The average Bonchev–Trinajstić information content (AvgIpc) is 3.40. The van der Waals surface area contributed by atoms with Crippen LogP contribution in [0.2, 0.25) is 0 Å². The van der Waals surface area contributed by atoms with Gasteiger partial charge in [-0.05, 0) is 38.2 Å². The smallest absolute Gasteiger partial charge is 0.323 e. The number of carbonyl (C=O) groups is 3. The molecule has 0 radical (unpaired) electrons. The van der Waals surface area contributed by atoms with Gasteiger partial charge in [0.15, 0.2) is 4.80 Å². The van der Waals surface area contributed by atoms with E-state index < -0.39 is 17.5 Å². The third-order valence-corrected chi connectivity index (χ3v) is 6.14. The molecule has 0 bridgehead atoms. The van der Waals surface area contributed by atoms with Crippen molar-refractivity contribution >= 4 is 29.2 Å². The van der Waals surface area contributed by atoms with Gasteiger partial charge in [-0.25, -0.2) is 4.79 Å². The highest BCUT2D eigenvalue weighted by Crippen LogP contribution is 2.42. The van der Waals surface area contributed by atoms with Gasteiger partial charge in [0.05, 0.1) is 0 Å². The Bertz CT molecular complexity index is 1000. The lowest BCUT2D eigenvalue weighted by Gasteiger charge is -2.20. The van der Waals surface area contributed by atoms with Gasteiger partial charge >= 0.3 is 6.03 Å². The predicted octanol–water partition coefficient (Wildman–Crippen LogP) is 2.05. The molecule has 1 unspecified atom stereocenters. The molecule has 4 rings (SSSR count). The first kappa shape index (κ1) is 18.6. The first-order valence-electron chi connectivity index (χ1n) is 9.28. The maximum absolute atomic E-state index is 12.6. The highest BCUT2D eigenvalue weighted by Gasteiger charge is 2.56. The second-order valence-electron chi connectivity index (χ2n) is 7.60. The average molecular weight is 398 g/mol. The van der Waals surface area contributed by atoms with Gasteiger partial charge in [-0.3, -0.25) is 14.5 Å². The fraction of sp³-hybridized carbons (Fsp3) is 0.400. The van der Waals surface area contributed by atoms with Crippen LogP contribution < -0.4 is 10.1 Å². The Balaban J connectivity index is 1.48. The Kier molecular flexibility index (Phi) is 4.66. The summed E-state index contributed by atoms with van der Waals surface area (Å²) < 4.78 is 1.88. The summed E-state index contributed by atoms with van der Waals surface area (Å²) in [6.45, 7) is 4.03. The number of benzene rings is 1. The summed E-state index contributed by atoms with van der Waals surface area (Å²) in [4.78, 5) is 43.0. The van der Waals surface area contributed by atoms with Crippen LogP contribution in [0.15, 0.2) is 40.8 Å². The van der Waals surface area contributed by atoms with E-state index in [4.69, 9.17) is 0 Å². The van der Waals surface area contributed by atoms with Crippen LogP contribution >= 0.6 is 11.3 Å². The Hall–Kier alpha value is -2.74. The van der Waals surface area contributed by atoms with Crippen molar-refractivity contribution in [2.24, 2.45) is 10.9 Å². The highest BCUT2D eigenvalue weighted by molar-refractivity contribution is 7.07. The number of rotatable bonds is 5. The van der Waals surface area contributed by atoms with E-state index in [1.54, 1.807) is 6.92 Å². The van der Waals surface area contributed by atoms with Gasteiger partial charge in [-0.1, -0.05) is 29.8 Å². The molecular weight excluding hydrogens is 376 g/mol. The Morgan fingerprint density at radius 1 is 1.29 bits per heavy atom. The molecule has 28 heavy (non-hydrogen) atoms. The van der Waals surface area contributed by atoms with Crippen LogP contribution in [0.3, 0.4) is 0 Å². The number of aryl methyl sites for hydroxylation is 1. The van der Waals surface area contributed by atoms with Crippen LogP contribution in [0.4, 0.5) is 4.79 Å². The second-order valence-corrected chi connectivity index (χ2v) is 8.48. The minimum absolute atomic E-state index is 0.162. The van der Waals surface area contributed by atoms with Crippen molar-refractivity contribution in [3.63, 3.8) is 0 Å². The van der Waals surface area contributed by atoms with E-state index in [9.17, 15) is 14.4 Å². The molecular formula is C20H22N4O3S. The van der Waals surface area contributed by atoms with Crippen molar-refractivity contribution in [3.05, 3.63) is 51.8 Å². The normalized spacial score (nSPS) is 22.6. The van der Waals surface area contributed by atoms with Crippen molar-refractivity contribution in [2.45, 2.75) is 38.8 Å². The Labute approximate surface area is 166 Å². The number of carbonyl (C=O) groups excluding carboxylic acids is 3. The topological polar surface area (TPSA) is 83.8 Å². The number of hydrogen-bond donors (Lipinski definition) is 1. The first-order chi connectivity index (χ1) is 13.4. The molecule has 1 atom stereocenters. The molecule has 1 aromatic carbocycles. The SMILES string of the molecule is Cc1ccc(Cn2ccsc2=NC(=O)CN2C(=O)NC(C)(C3CC3)C2=O)cc1. The van der Waals surface area contributed by atoms with E-state index in [1.165, 1.54) is 16.9 Å². The third kappa shape index (κ3) is 3.52. The van der Waals surface area contributed by atoms with Crippen LogP contribution in [0, 0.1) is 12.8 Å². The molecule has 1 N–H and O–H groups in total. The zero-order valence-corrected chi connectivity index (χ0v) is 16.7. The van der Waals surface area contributed by atoms with Gasteiger partial charge < -0.3 is 9.88 Å². The lowest BCUT2D eigenvalue weighted by atomic mass is 9.96. The standard InChI is InChI=1S/C20H22N4O3S/c1-13-3-5-14(6-4-13)11-23-9-10-28-19(23)21-16(25)12-24-17(26)20(2,15-7-8-15)22-18(24)27/h3-6,9-10,15H,7-8,11-12H2,1-2H3,(H,22,27). The number of nitrogens with one attached hydrogen (secondary N) is 1. The van der Waals surface area contributed by atoms with E-state index in [1.807, 2.05) is 47.3 Å². The molecule has 0 spiro atoms. The maximum Gasteiger partial charge on any atom is 0.325 e. The van der Waals surface area contributed by atoms with Crippen molar-refractivity contribution in [3.8, 4) is 0 Å². The number of nitrogens with zero attached hydrogens (tertiary/aromatic N) is 3. The molecule has 2 aromatic rings. The molecule has 4 amide bonds. The van der Waals surface area contributed by atoms with Crippen LogP contribution in [0.1, 0.15) is 30.9 Å². The van der Waals surface area contributed by atoms with Gasteiger partial charge in [0.2, 0.25) is 0 Å². The van der Waals surface area contributed by atoms with Crippen molar-refractivity contribution in [1.82, 2.24) is 14.8 Å². The van der Waals surface area contributed by atoms with Gasteiger partial charge in [0, 0.05) is 18.1 Å². The molecule has 1 saturated carbocycles. The fourth-order valence-electron chi connectivity index (χ4n) is 3.47. The van der Waals surface area contributed by atoms with E-state index in [0.717, 1.165) is 23.3 Å². The first-order valence-corrected chi connectivity index (χ1v) is 10.2. The summed E-state index contributed by atoms with van der Waals surface area (Å²) in [5.41, 5.74) is 1.41. The Morgan fingerprint density at radius 2 is 2.00 bits per heavy atom. The minimum Gasteiger partial charge on any atom is -0.323 e. The quantitative estimate of drug-likeness (QED) is 0.783. The van der Waals surface area contributed by atoms with E-state index in [0.29, 0.717) is 11.3 Å². The molecule has 2 aliphatic rings. The molecule has 2 heterocycles. The van der Waals surface area contributed by atoms with Crippen LogP contribution in [-0.2, 0) is 16.1 Å². The molecule has 7 nitrogen and oxygen atoms in total. The van der Waals surface area contributed by atoms with Crippen molar-refractivity contribution in [2.75, 3.05) is 6.54 Å². The number of amides is 4. The predicted molar refractivity (Wildman–Crippen MR) is 105 cm³/mol. The van der Waals surface area contributed by atoms with E-state index in [2.05, 4.69) is 10.3 Å². The summed E-state index contributed by atoms with van der Waals surface area (Å²) in [5.74, 6) is -0.680. The molecule has 1 aliphatic carbocycles. The van der Waals surface area contributed by atoms with Crippen molar-refractivity contribution in [1.29, 1.82) is 0 Å². The minimum atomic E-state index is -0.883. The van der Waals surface area contributed by atoms with Crippen LogP contribution in [0.5, 0.6) is 0 Å². The second kappa shape index (κ2) is 7.01. The molecule has 1 aliphatic heterocycles. The highest BCUT2D eigenvalue weighted by atomic mass is 32.1. The summed E-state index contributed by atoms with van der Waals surface area (Å²) in [5, 5.41) is 4.61. The van der Waals surface area contributed by atoms with Gasteiger partial charge in [-0.15, -0.1) is 11.3 Å². The van der Waals surface area contributed by atoms with Gasteiger partial charge in [0.1, 0.15) is 12.1 Å². The zero-order valence-electron chi connectivity index (χ0n) is 15.8. The van der Waals surface area contributed by atoms with Crippen molar-refractivity contribution < 1.29 is 14.4 Å². The summed E-state index contributed by atoms with van der Waals surface area (Å²) in [7, 11) is 0. The van der Waals surface area contributed by atoms with E-state index >= 15 is 0 Å². The lowest BCUT2D eigenvalue weighted by molar-refractivity contribution is -0.134. The van der Waals surface area contributed by atoms with E-state index in [-0.39, 0.29) is 18.4 Å². The summed E-state index contributed by atoms with van der Waals surface area (Å²) in [6, 6.07) is 7.65. The number of urea groups is 1. The zero-order chi connectivity index (χ0) is 19.9. The summed E-state index contributed by atoms with van der Waals surface area (Å²) >= 11 is 1.35. The molecule has 1 aromatic heterocycles. The molecule has 8 heteroatoms. The monoisotopic (exact) mass is 398 g/mol. The lowest BCUT2D eigenvalue weighted by Crippen LogP contribution is -2.46. The third-order valence-electron chi connectivity index (χ3n) is 5.34. The van der Waals surface area contributed by atoms with Gasteiger partial charge in [0.25, 0.3) is 11.8 Å². The number of aromatic nitrogens is 1. The number of hydrogen-bond acceptors (Lipinski definition) is 4. The molecule has 146 valence electrons. The summed E-state index contributed by atoms with van der Waals surface area (Å²) in [6.07, 6.45) is 3.71. The number of thiazole rings is 1. The Morgan fingerprint density at radius 3 is 2.68 bits per heavy atom. The molecule has 2 fully saturated rings. The number of imide groups is 1. The van der Waals surface area contributed by atoms with Gasteiger partial charge in [-0.2, -0.15) is 4.99 Å². The molecule has 1 saturated heterocycles.